The number of esters is 2. The largest absolute Gasteiger partial charge is 0.462 e. The Balaban J connectivity index is 3.56. The van der Waals surface area contributed by atoms with E-state index in [2.05, 4.69) is 62.5 Å². The van der Waals surface area contributed by atoms with E-state index in [0.29, 0.717) is 12.8 Å². The van der Waals surface area contributed by atoms with Crippen molar-refractivity contribution in [2.45, 2.75) is 213 Å². The minimum absolute atomic E-state index is 0.0743. The van der Waals surface area contributed by atoms with Crippen molar-refractivity contribution >= 4 is 11.9 Å². The highest BCUT2D eigenvalue weighted by Crippen LogP contribution is 2.15. The molecule has 0 fully saturated rings. The average molecular weight is 701 g/mol. The lowest BCUT2D eigenvalue weighted by atomic mass is 10.0. The van der Waals surface area contributed by atoms with Gasteiger partial charge >= 0.3 is 11.9 Å². The summed E-state index contributed by atoms with van der Waals surface area (Å²) < 4.78 is 10.6. The summed E-state index contributed by atoms with van der Waals surface area (Å²) in [7, 11) is 0. The van der Waals surface area contributed by atoms with Crippen molar-refractivity contribution in [3.63, 3.8) is 0 Å². The maximum atomic E-state index is 12.2. The third-order valence-corrected chi connectivity index (χ3v) is 9.14. The van der Waals surface area contributed by atoms with Crippen LogP contribution in [0.25, 0.3) is 0 Å². The van der Waals surface area contributed by atoms with E-state index in [1.54, 1.807) is 0 Å². The molecule has 0 saturated heterocycles. The van der Waals surface area contributed by atoms with E-state index in [1.807, 2.05) is 0 Å². The second-order valence-electron chi connectivity index (χ2n) is 14.0. The van der Waals surface area contributed by atoms with E-state index in [-0.39, 0.29) is 25.2 Å². The standard InChI is InChI=1S/C45H80O5/c1-3-5-7-9-11-13-15-17-19-21-22-24-25-27-29-31-33-35-37-39-44(47)49-42-43(41-46)50-45(48)40-38-36-34-32-30-28-26-23-20-18-16-14-12-10-8-6-4-2/h6,8,12,14,18,20,26,28,43,46H,3-5,7,9-11,13,15-17,19,21-25,27,29-42H2,1-2H3/b8-6-,14-12-,20-18-,28-26-/t43-/m0/s1. The van der Waals surface area contributed by atoms with Crippen LogP contribution in [-0.4, -0.2) is 36.4 Å². The minimum atomic E-state index is -0.783. The molecule has 0 aromatic heterocycles. The predicted octanol–water partition coefficient (Wildman–Crippen LogP) is 13.4. The number of hydrogen-bond donors (Lipinski definition) is 1. The van der Waals surface area contributed by atoms with E-state index < -0.39 is 6.10 Å². The minimum Gasteiger partial charge on any atom is -0.462 e. The first-order valence-electron chi connectivity index (χ1n) is 21.2. The van der Waals surface area contributed by atoms with Gasteiger partial charge in [0, 0.05) is 12.8 Å². The summed E-state index contributed by atoms with van der Waals surface area (Å²) in [5.41, 5.74) is 0. The molecule has 5 nitrogen and oxygen atoms in total. The van der Waals surface area contributed by atoms with Crippen molar-refractivity contribution in [1.29, 1.82) is 0 Å². The number of allylic oxidation sites excluding steroid dienone is 8. The lowest BCUT2D eigenvalue weighted by molar-refractivity contribution is -0.161. The monoisotopic (exact) mass is 701 g/mol. The van der Waals surface area contributed by atoms with Crippen LogP contribution in [0.2, 0.25) is 0 Å². The Hall–Kier alpha value is -2.14. The van der Waals surface area contributed by atoms with Gasteiger partial charge in [-0.15, -0.1) is 0 Å². The molecule has 0 unspecified atom stereocenters. The van der Waals surface area contributed by atoms with Crippen LogP contribution < -0.4 is 0 Å². The molecule has 1 N–H and O–H groups in total. The highest BCUT2D eigenvalue weighted by molar-refractivity contribution is 5.70. The third-order valence-electron chi connectivity index (χ3n) is 9.14. The first kappa shape index (κ1) is 47.9. The maximum absolute atomic E-state index is 12.2. The molecule has 0 rings (SSSR count). The predicted molar refractivity (Wildman–Crippen MR) is 214 cm³/mol. The van der Waals surface area contributed by atoms with Crippen molar-refractivity contribution < 1.29 is 24.2 Å². The van der Waals surface area contributed by atoms with Gasteiger partial charge in [-0.05, 0) is 51.4 Å². The quantitative estimate of drug-likeness (QED) is 0.0394. The van der Waals surface area contributed by atoms with Gasteiger partial charge in [-0.1, -0.05) is 191 Å². The third kappa shape index (κ3) is 38.7. The van der Waals surface area contributed by atoms with Gasteiger partial charge in [0.2, 0.25) is 0 Å². The van der Waals surface area contributed by atoms with Crippen LogP contribution in [0.3, 0.4) is 0 Å². The summed E-state index contributed by atoms with van der Waals surface area (Å²) in [6.07, 6.45) is 51.8. The van der Waals surface area contributed by atoms with Gasteiger partial charge in [-0.2, -0.15) is 0 Å². The SMILES string of the molecule is CC/C=C\C/C=C\C/C=C\C/C=C\CCCCCCC(=O)O[C@@H](CO)COC(=O)CCCCCCCCCCCCCCCCCCCCC. The fraction of sp³-hybridized carbons (Fsp3) is 0.778. The number of hydrogen-bond acceptors (Lipinski definition) is 5. The van der Waals surface area contributed by atoms with Gasteiger partial charge in [0.1, 0.15) is 6.61 Å². The average Bonchev–Trinajstić information content (AvgIpc) is 3.12. The molecular weight excluding hydrogens is 620 g/mol. The van der Waals surface area contributed by atoms with Gasteiger partial charge < -0.3 is 14.6 Å². The van der Waals surface area contributed by atoms with Crippen molar-refractivity contribution in [2.75, 3.05) is 13.2 Å². The zero-order chi connectivity index (χ0) is 36.4. The number of aliphatic hydroxyl groups is 1. The van der Waals surface area contributed by atoms with Crippen LogP contribution >= 0.6 is 0 Å². The van der Waals surface area contributed by atoms with Crippen molar-refractivity contribution in [3.8, 4) is 0 Å². The number of carbonyl (C=O) groups is 2. The molecule has 5 heteroatoms. The Labute approximate surface area is 309 Å². The Bertz CT molecular complexity index is 842. The van der Waals surface area contributed by atoms with E-state index in [0.717, 1.165) is 77.0 Å². The topological polar surface area (TPSA) is 72.8 Å². The van der Waals surface area contributed by atoms with Crippen LogP contribution in [0.5, 0.6) is 0 Å². The van der Waals surface area contributed by atoms with Crippen molar-refractivity contribution in [3.05, 3.63) is 48.6 Å². The molecule has 0 bridgehead atoms. The molecule has 1 atom stereocenters. The zero-order valence-corrected chi connectivity index (χ0v) is 32.9. The highest BCUT2D eigenvalue weighted by atomic mass is 16.6. The number of rotatable bonds is 38. The summed E-state index contributed by atoms with van der Waals surface area (Å²) in [6.45, 7) is 4.02. The first-order chi connectivity index (χ1) is 24.6. The smallest absolute Gasteiger partial charge is 0.306 e. The van der Waals surface area contributed by atoms with Crippen LogP contribution in [0, 0.1) is 0 Å². The highest BCUT2D eigenvalue weighted by Gasteiger charge is 2.16. The molecule has 0 amide bonds. The van der Waals surface area contributed by atoms with Gasteiger partial charge in [0.25, 0.3) is 0 Å². The molecule has 0 radical (unpaired) electrons. The number of aliphatic hydroxyl groups excluding tert-OH is 1. The second kappa shape index (κ2) is 41.3. The van der Waals surface area contributed by atoms with Gasteiger partial charge in [0.05, 0.1) is 6.61 Å². The molecule has 0 aromatic rings. The molecule has 0 aromatic carbocycles. The van der Waals surface area contributed by atoms with E-state index in [1.165, 1.54) is 103 Å². The number of ether oxygens (including phenoxy) is 2. The van der Waals surface area contributed by atoms with Crippen molar-refractivity contribution in [1.82, 2.24) is 0 Å². The van der Waals surface area contributed by atoms with Crippen LogP contribution in [-0.2, 0) is 19.1 Å². The lowest BCUT2D eigenvalue weighted by Gasteiger charge is -2.15. The molecular formula is C45H80O5. The van der Waals surface area contributed by atoms with Crippen LogP contribution in [0.15, 0.2) is 48.6 Å². The summed E-state index contributed by atoms with van der Waals surface area (Å²) in [4.78, 5) is 24.3. The fourth-order valence-corrected chi connectivity index (χ4v) is 5.96. The Morgan fingerprint density at radius 1 is 0.480 bits per heavy atom. The number of carbonyl (C=O) groups excluding carboxylic acids is 2. The molecule has 290 valence electrons. The summed E-state index contributed by atoms with van der Waals surface area (Å²) in [6, 6.07) is 0. The second-order valence-corrected chi connectivity index (χ2v) is 14.0. The summed E-state index contributed by atoms with van der Waals surface area (Å²) >= 11 is 0. The summed E-state index contributed by atoms with van der Waals surface area (Å²) in [5, 5.41) is 9.57. The van der Waals surface area contributed by atoms with Gasteiger partial charge in [0.15, 0.2) is 6.10 Å². The molecule has 0 aliphatic heterocycles. The zero-order valence-electron chi connectivity index (χ0n) is 32.9. The van der Waals surface area contributed by atoms with Gasteiger partial charge in [-0.25, -0.2) is 0 Å². The fourth-order valence-electron chi connectivity index (χ4n) is 5.96. The Morgan fingerprint density at radius 3 is 1.30 bits per heavy atom. The van der Waals surface area contributed by atoms with Gasteiger partial charge in [-0.3, -0.25) is 9.59 Å². The molecule has 0 saturated carbocycles. The molecule has 50 heavy (non-hydrogen) atoms. The Kier molecular flexibility index (Phi) is 39.5. The maximum Gasteiger partial charge on any atom is 0.306 e. The molecule has 0 heterocycles. The molecule has 0 aliphatic carbocycles. The number of unbranched alkanes of at least 4 members (excludes halogenated alkanes) is 22. The van der Waals surface area contributed by atoms with E-state index in [9.17, 15) is 14.7 Å². The summed E-state index contributed by atoms with van der Waals surface area (Å²) in [5.74, 6) is -0.613. The van der Waals surface area contributed by atoms with Crippen molar-refractivity contribution in [2.24, 2.45) is 0 Å². The molecule has 0 aliphatic rings. The molecule has 0 spiro atoms. The normalized spacial score (nSPS) is 12.6. The van der Waals surface area contributed by atoms with Crippen LogP contribution in [0.4, 0.5) is 0 Å². The lowest BCUT2D eigenvalue weighted by Crippen LogP contribution is -2.28. The van der Waals surface area contributed by atoms with E-state index >= 15 is 0 Å². The Morgan fingerprint density at radius 2 is 0.860 bits per heavy atom. The first-order valence-corrected chi connectivity index (χ1v) is 21.2. The van der Waals surface area contributed by atoms with Crippen LogP contribution in [0.1, 0.15) is 206 Å². The van der Waals surface area contributed by atoms with E-state index in [4.69, 9.17) is 9.47 Å².